The molecule has 6 heteroatoms. The molecule has 0 aromatic heterocycles. The van der Waals surface area contributed by atoms with Gasteiger partial charge in [0, 0.05) is 31.6 Å². The molecule has 116 valence electrons. The van der Waals surface area contributed by atoms with Gasteiger partial charge < -0.3 is 20.6 Å². The van der Waals surface area contributed by atoms with Gasteiger partial charge in [0.15, 0.2) is 0 Å². The maximum Gasteiger partial charge on any atom is 0.315 e. The number of aliphatic carboxylic acids is 1. The molecule has 6 nitrogen and oxygen atoms in total. The summed E-state index contributed by atoms with van der Waals surface area (Å²) in [5.41, 5.74) is 0. The van der Waals surface area contributed by atoms with E-state index < -0.39 is 5.97 Å². The van der Waals surface area contributed by atoms with E-state index in [0.717, 1.165) is 32.5 Å². The van der Waals surface area contributed by atoms with Crippen LogP contribution in [0.15, 0.2) is 0 Å². The van der Waals surface area contributed by atoms with Crippen molar-refractivity contribution >= 4 is 12.0 Å². The molecular formula is C14H27N3O3. The number of urea groups is 1. The lowest BCUT2D eigenvalue weighted by molar-refractivity contribution is -0.137. The summed E-state index contributed by atoms with van der Waals surface area (Å²) in [6, 6.07) is -0.0714. The van der Waals surface area contributed by atoms with E-state index in [-0.39, 0.29) is 24.5 Å². The normalized spacial score (nSPS) is 18.5. The third kappa shape index (κ3) is 6.75. The van der Waals surface area contributed by atoms with Gasteiger partial charge in [-0.25, -0.2) is 4.79 Å². The van der Waals surface area contributed by atoms with Crippen molar-refractivity contribution in [3.8, 4) is 0 Å². The topological polar surface area (TPSA) is 81.7 Å². The van der Waals surface area contributed by atoms with Crippen molar-refractivity contribution in [2.75, 3.05) is 19.6 Å². The smallest absolute Gasteiger partial charge is 0.315 e. The van der Waals surface area contributed by atoms with Crippen molar-refractivity contribution < 1.29 is 14.7 Å². The summed E-state index contributed by atoms with van der Waals surface area (Å²) in [4.78, 5) is 24.7. The first kappa shape index (κ1) is 16.8. The van der Waals surface area contributed by atoms with Crippen LogP contribution in [0.3, 0.4) is 0 Å². The van der Waals surface area contributed by atoms with Gasteiger partial charge in [-0.05, 0) is 39.2 Å². The molecule has 1 aliphatic rings. The minimum Gasteiger partial charge on any atom is -0.481 e. The van der Waals surface area contributed by atoms with Crippen LogP contribution in [0, 0.1) is 0 Å². The average Bonchev–Trinajstić information content (AvgIpc) is 2.39. The van der Waals surface area contributed by atoms with E-state index in [9.17, 15) is 9.59 Å². The number of carbonyl (C=O) groups excluding carboxylic acids is 1. The zero-order valence-electron chi connectivity index (χ0n) is 12.5. The zero-order valence-corrected chi connectivity index (χ0v) is 12.5. The summed E-state index contributed by atoms with van der Waals surface area (Å²) in [6.45, 7) is 7.20. The first-order valence-corrected chi connectivity index (χ1v) is 7.52. The molecule has 3 N–H and O–H groups in total. The molecule has 0 bridgehead atoms. The number of piperidine rings is 1. The molecule has 20 heavy (non-hydrogen) atoms. The van der Waals surface area contributed by atoms with Gasteiger partial charge in [0.1, 0.15) is 0 Å². The fourth-order valence-corrected chi connectivity index (χ4v) is 2.48. The molecule has 0 spiro atoms. The number of hydrogen-bond acceptors (Lipinski definition) is 3. The molecule has 1 aliphatic heterocycles. The molecule has 0 aromatic carbocycles. The van der Waals surface area contributed by atoms with Crippen LogP contribution >= 0.6 is 0 Å². The Morgan fingerprint density at radius 1 is 1.35 bits per heavy atom. The number of hydrogen-bond donors (Lipinski definition) is 3. The highest BCUT2D eigenvalue weighted by Gasteiger charge is 2.20. The van der Waals surface area contributed by atoms with Crippen molar-refractivity contribution in [2.45, 2.75) is 58.0 Å². The number of nitrogens with one attached hydrogen (secondary N) is 2. The number of carbonyl (C=O) groups is 2. The van der Waals surface area contributed by atoms with Gasteiger partial charge >= 0.3 is 12.0 Å². The highest BCUT2D eigenvalue weighted by Crippen LogP contribution is 2.10. The largest absolute Gasteiger partial charge is 0.481 e. The van der Waals surface area contributed by atoms with E-state index in [1.54, 1.807) is 0 Å². The Morgan fingerprint density at radius 3 is 2.55 bits per heavy atom. The molecule has 1 fully saturated rings. The van der Waals surface area contributed by atoms with E-state index in [1.165, 1.54) is 6.42 Å². The van der Waals surface area contributed by atoms with Crippen LogP contribution < -0.4 is 10.6 Å². The number of carboxylic acids is 1. The van der Waals surface area contributed by atoms with Crippen LogP contribution in [0.2, 0.25) is 0 Å². The summed E-state index contributed by atoms with van der Waals surface area (Å²) in [5.74, 6) is -0.831. The van der Waals surface area contributed by atoms with Crippen molar-refractivity contribution in [1.82, 2.24) is 15.5 Å². The highest BCUT2D eigenvalue weighted by atomic mass is 16.4. The first-order valence-electron chi connectivity index (χ1n) is 7.52. The van der Waals surface area contributed by atoms with Crippen LogP contribution in [-0.2, 0) is 4.79 Å². The molecule has 0 saturated carbocycles. The predicted molar refractivity (Wildman–Crippen MR) is 77.8 cm³/mol. The van der Waals surface area contributed by atoms with Crippen LogP contribution in [0.5, 0.6) is 0 Å². The molecule has 1 unspecified atom stereocenters. The molecule has 1 atom stereocenters. The van der Waals surface area contributed by atoms with Crippen LogP contribution in [-0.4, -0.2) is 53.7 Å². The lowest BCUT2D eigenvalue weighted by atomic mass is 10.1. The van der Waals surface area contributed by atoms with E-state index in [4.69, 9.17) is 5.11 Å². The number of nitrogens with zero attached hydrogens (tertiary/aromatic N) is 1. The van der Waals surface area contributed by atoms with E-state index in [2.05, 4.69) is 22.5 Å². The van der Waals surface area contributed by atoms with Gasteiger partial charge in [-0.3, -0.25) is 4.79 Å². The van der Waals surface area contributed by atoms with Gasteiger partial charge in [0.25, 0.3) is 0 Å². The van der Waals surface area contributed by atoms with E-state index >= 15 is 0 Å². The van der Waals surface area contributed by atoms with E-state index in [0.29, 0.717) is 6.42 Å². The molecule has 0 aromatic rings. The Hall–Kier alpha value is -1.30. The molecule has 2 amide bonds. The van der Waals surface area contributed by atoms with Gasteiger partial charge in [-0.15, -0.1) is 0 Å². The standard InChI is InChI=1S/C14H27N3O3/c1-3-8-17-9-6-12(7-10-17)16-14(20)15-11(2)4-5-13(18)19/h11-12H,3-10H2,1-2H3,(H,18,19)(H2,15,16,20). The lowest BCUT2D eigenvalue weighted by Gasteiger charge is -2.32. The predicted octanol–water partition coefficient (Wildman–Crippen LogP) is 1.41. The summed E-state index contributed by atoms with van der Waals surface area (Å²) < 4.78 is 0. The van der Waals surface area contributed by atoms with Crippen LogP contribution in [0.4, 0.5) is 4.79 Å². The zero-order chi connectivity index (χ0) is 15.0. The first-order chi connectivity index (χ1) is 9.51. The summed E-state index contributed by atoms with van der Waals surface area (Å²) in [7, 11) is 0. The number of amides is 2. The fraction of sp³-hybridized carbons (Fsp3) is 0.857. The van der Waals surface area contributed by atoms with Crippen molar-refractivity contribution in [1.29, 1.82) is 0 Å². The van der Waals surface area contributed by atoms with Crippen molar-refractivity contribution in [2.24, 2.45) is 0 Å². The lowest BCUT2D eigenvalue weighted by Crippen LogP contribution is -2.49. The van der Waals surface area contributed by atoms with Crippen LogP contribution in [0.25, 0.3) is 0 Å². The molecule has 0 aliphatic carbocycles. The van der Waals surface area contributed by atoms with Gasteiger partial charge in [-0.1, -0.05) is 6.92 Å². The maximum atomic E-state index is 11.8. The Morgan fingerprint density at radius 2 is 2.00 bits per heavy atom. The SMILES string of the molecule is CCCN1CCC(NC(=O)NC(C)CCC(=O)O)CC1. The Balaban J connectivity index is 2.18. The monoisotopic (exact) mass is 285 g/mol. The second-order valence-electron chi connectivity index (χ2n) is 5.57. The van der Waals surface area contributed by atoms with Crippen molar-refractivity contribution in [3.63, 3.8) is 0 Å². The highest BCUT2D eigenvalue weighted by molar-refractivity contribution is 5.74. The summed E-state index contributed by atoms with van der Waals surface area (Å²) in [5, 5.41) is 14.4. The summed E-state index contributed by atoms with van der Waals surface area (Å²) >= 11 is 0. The molecule has 1 heterocycles. The molecule has 1 saturated heterocycles. The molecular weight excluding hydrogens is 258 g/mol. The average molecular weight is 285 g/mol. The van der Waals surface area contributed by atoms with Crippen molar-refractivity contribution in [3.05, 3.63) is 0 Å². The minimum atomic E-state index is -0.831. The van der Waals surface area contributed by atoms with Crippen LogP contribution in [0.1, 0.15) is 46.0 Å². The third-order valence-corrected chi connectivity index (χ3v) is 3.63. The summed E-state index contributed by atoms with van der Waals surface area (Å²) in [6.07, 6.45) is 3.67. The number of likely N-dealkylation sites (tertiary alicyclic amines) is 1. The van der Waals surface area contributed by atoms with Gasteiger partial charge in [0.2, 0.25) is 0 Å². The second kappa shape index (κ2) is 8.79. The minimum absolute atomic E-state index is 0.0802. The molecule has 0 radical (unpaired) electrons. The Labute approximate surface area is 120 Å². The second-order valence-corrected chi connectivity index (χ2v) is 5.57. The third-order valence-electron chi connectivity index (χ3n) is 3.63. The Bertz CT molecular complexity index is 315. The quantitative estimate of drug-likeness (QED) is 0.660. The number of rotatable bonds is 7. The molecule has 1 rings (SSSR count). The number of carboxylic acid groups (broad SMARTS) is 1. The fourth-order valence-electron chi connectivity index (χ4n) is 2.48. The van der Waals surface area contributed by atoms with Gasteiger partial charge in [-0.2, -0.15) is 0 Å². The van der Waals surface area contributed by atoms with E-state index in [1.807, 2.05) is 6.92 Å². The Kier molecular flexibility index (Phi) is 7.36. The van der Waals surface area contributed by atoms with Gasteiger partial charge in [0.05, 0.1) is 0 Å². The maximum absolute atomic E-state index is 11.8.